The van der Waals surface area contributed by atoms with Crippen LogP contribution < -0.4 is 5.32 Å². The number of aromatic nitrogens is 3. The summed E-state index contributed by atoms with van der Waals surface area (Å²) < 4.78 is 11.9. The number of fused-ring (bicyclic) bond motifs is 2. The molecular formula is C25H16N4O3S. The number of thiazole rings is 1. The van der Waals surface area contributed by atoms with Crippen molar-refractivity contribution in [2.75, 3.05) is 5.32 Å². The minimum absolute atomic E-state index is 0.283. The van der Waals surface area contributed by atoms with Crippen LogP contribution in [0.25, 0.3) is 43.3 Å². The Kier molecular flexibility index (Phi) is 4.51. The Morgan fingerprint density at radius 2 is 1.85 bits per heavy atom. The van der Waals surface area contributed by atoms with Crippen molar-refractivity contribution in [2.45, 2.75) is 6.92 Å². The molecule has 0 aliphatic rings. The average molecular weight is 452 g/mol. The lowest BCUT2D eigenvalue weighted by molar-refractivity contribution is 0.102. The van der Waals surface area contributed by atoms with Gasteiger partial charge >= 0.3 is 0 Å². The average Bonchev–Trinajstić information content (AvgIpc) is 3.59. The number of rotatable bonds is 4. The van der Waals surface area contributed by atoms with Crippen LogP contribution in [0.3, 0.4) is 0 Å². The molecule has 1 N–H and O–H groups in total. The molecule has 0 unspecified atom stereocenters. The third kappa shape index (κ3) is 3.37. The van der Waals surface area contributed by atoms with E-state index in [1.54, 1.807) is 42.7 Å². The van der Waals surface area contributed by atoms with E-state index in [0.717, 1.165) is 20.8 Å². The number of pyridine rings is 1. The molecule has 0 aliphatic carbocycles. The molecule has 0 spiro atoms. The van der Waals surface area contributed by atoms with Gasteiger partial charge in [-0.05, 0) is 49.4 Å². The minimum Gasteiger partial charge on any atom is -0.463 e. The first-order valence-corrected chi connectivity index (χ1v) is 11.1. The second-order valence-corrected chi connectivity index (χ2v) is 8.50. The molecular weight excluding hydrogens is 436 g/mol. The molecule has 4 aromatic heterocycles. The molecule has 2 aromatic carbocycles. The fourth-order valence-electron chi connectivity index (χ4n) is 3.78. The zero-order chi connectivity index (χ0) is 22.4. The topological polar surface area (TPSA) is 94.0 Å². The van der Waals surface area contributed by atoms with Gasteiger partial charge in [0.2, 0.25) is 0 Å². The Balaban J connectivity index is 1.43. The number of carbonyl (C=O) groups excluding carboxylic acids is 1. The first kappa shape index (κ1) is 19.4. The molecule has 8 heteroatoms. The molecule has 6 aromatic rings. The number of amides is 1. The SMILES string of the molecule is Cc1noc2nc(-c3ccco3)cc(C(=O)Nc3ccccc3-c3nc4ccccc4s3)c12. The lowest BCUT2D eigenvalue weighted by Crippen LogP contribution is -2.13. The van der Waals surface area contributed by atoms with Gasteiger partial charge in [-0.15, -0.1) is 11.3 Å². The van der Waals surface area contributed by atoms with Crippen LogP contribution in [0.15, 0.2) is 81.9 Å². The highest BCUT2D eigenvalue weighted by atomic mass is 32.1. The number of carbonyl (C=O) groups is 1. The van der Waals surface area contributed by atoms with E-state index < -0.39 is 0 Å². The normalized spacial score (nSPS) is 11.3. The summed E-state index contributed by atoms with van der Waals surface area (Å²) in [6.07, 6.45) is 1.56. The van der Waals surface area contributed by atoms with E-state index in [1.807, 2.05) is 48.5 Å². The lowest BCUT2D eigenvalue weighted by atomic mass is 10.1. The third-order valence-electron chi connectivity index (χ3n) is 5.33. The molecule has 0 saturated heterocycles. The zero-order valence-electron chi connectivity index (χ0n) is 17.4. The van der Waals surface area contributed by atoms with Gasteiger partial charge < -0.3 is 14.3 Å². The van der Waals surface area contributed by atoms with Crippen LogP contribution in [0.5, 0.6) is 0 Å². The molecule has 0 saturated carbocycles. The van der Waals surface area contributed by atoms with Gasteiger partial charge in [0.15, 0.2) is 5.76 Å². The van der Waals surface area contributed by atoms with Gasteiger partial charge in [-0.1, -0.05) is 29.4 Å². The summed E-state index contributed by atoms with van der Waals surface area (Å²) in [5, 5.41) is 8.46. The number of nitrogens with zero attached hydrogens (tertiary/aromatic N) is 3. The van der Waals surface area contributed by atoms with Crippen molar-refractivity contribution >= 4 is 44.2 Å². The number of nitrogens with one attached hydrogen (secondary N) is 1. The van der Waals surface area contributed by atoms with Gasteiger partial charge in [0, 0.05) is 5.56 Å². The number of aryl methyl sites for hydroxylation is 1. The van der Waals surface area contributed by atoms with Crippen LogP contribution in [-0.4, -0.2) is 21.0 Å². The first-order chi connectivity index (χ1) is 16.2. The van der Waals surface area contributed by atoms with E-state index in [-0.39, 0.29) is 11.6 Å². The maximum absolute atomic E-state index is 13.5. The van der Waals surface area contributed by atoms with E-state index in [2.05, 4.69) is 15.5 Å². The predicted molar refractivity (Wildman–Crippen MR) is 127 cm³/mol. The van der Waals surface area contributed by atoms with Crippen molar-refractivity contribution < 1.29 is 13.7 Å². The van der Waals surface area contributed by atoms with Gasteiger partial charge in [-0.3, -0.25) is 4.79 Å². The fourth-order valence-corrected chi connectivity index (χ4v) is 4.79. The van der Waals surface area contributed by atoms with Crippen LogP contribution in [-0.2, 0) is 0 Å². The number of hydrogen-bond acceptors (Lipinski definition) is 7. The van der Waals surface area contributed by atoms with Gasteiger partial charge in [0.25, 0.3) is 11.6 Å². The fraction of sp³-hybridized carbons (Fsp3) is 0.0400. The maximum atomic E-state index is 13.5. The molecule has 0 radical (unpaired) electrons. The van der Waals surface area contributed by atoms with Crippen LogP contribution in [0, 0.1) is 6.92 Å². The van der Waals surface area contributed by atoms with E-state index >= 15 is 0 Å². The number of hydrogen-bond donors (Lipinski definition) is 1. The molecule has 0 atom stereocenters. The summed E-state index contributed by atoms with van der Waals surface area (Å²) in [5.41, 5.74) is 4.22. The van der Waals surface area contributed by atoms with Gasteiger partial charge in [-0.25, -0.2) is 9.97 Å². The highest BCUT2D eigenvalue weighted by molar-refractivity contribution is 7.21. The van der Waals surface area contributed by atoms with Crippen LogP contribution in [0.1, 0.15) is 16.1 Å². The van der Waals surface area contributed by atoms with Crippen LogP contribution >= 0.6 is 11.3 Å². The molecule has 0 bridgehead atoms. The zero-order valence-corrected chi connectivity index (χ0v) is 18.2. The van der Waals surface area contributed by atoms with Gasteiger partial charge in [0.05, 0.1) is 38.8 Å². The Morgan fingerprint density at radius 3 is 2.70 bits per heavy atom. The largest absolute Gasteiger partial charge is 0.463 e. The van der Waals surface area contributed by atoms with Crippen molar-refractivity contribution in [1.82, 2.24) is 15.1 Å². The molecule has 160 valence electrons. The van der Waals surface area contributed by atoms with Crippen LogP contribution in [0.2, 0.25) is 0 Å². The van der Waals surface area contributed by atoms with Crippen molar-refractivity contribution in [2.24, 2.45) is 0 Å². The second kappa shape index (κ2) is 7.68. The number of para-hydroxylation sites is 2. The van der Waals surface area contributed by atoms with E-state index in [1.165, 1.54) is 0 Å². The highest BCUT2D eigenvalue weighted by Gasteiger charge is 2.21. The predicted octanol–water partition coefficient (Wildman–Crippen LogP) is 6.32. The van der Waals surface area contributed by atoms with Crippen LogP contribution in [0.4, 0.5) is 5.69 Å². The second-order valence-electron chi connectivity index (χ2n) is 7.47. The van der Waals surface area contributed by atoms with Gasteiger partial charge in [-0.2, -0.15) is 0 Å². The summed E-state index contributed by atoms with van der Waals surface area (Å²) in [6, 6.07) is 20.8. The molecule has 1 amide bonds. The van der Waals surface area contributed by atoms with Crippen molar-refractivity contribution in [3.05, 3.63) is 84.3 Å². The van der Waals surface area contributed by atoms with Crippen molar-refractivity contribution in [3.63, 3.8) is 0 Å². The highest BCUT2D eigenvalue weighted by Crippen LogP contribution is 2.35. The van der Waals surface area contributed by atoms with E-state index in [0.29, 0.717) is 33.8 Å². The minimum atomic E-state index is -0.296. The monoisotopic (exact) mass is 452 g/mol. The Morgan fingerprint density at radius 1 is 1.00 bits per heavy atom. The Labute approximate surface area is 191 Å². The maximum Gasteiger partial charge on any atom is 0.259 e. The van der Waals surface area contributed by atoms with Gasteiger partial charge in [0.1, 0.15) is 10.7 Å². The molecule has 33 heavy (non-hydrogen) atoms. The standard InChI is InChI=1S/C25H16N4O3S/c1-14-22-16(13-19(20-10-6-12-31-20)27-24(22)32-29-14)23(30)26-17-8-3-2-7-15(17)25-28-18-9-4-5-11-21(18)33-25/h2-13H,1H3,(H,26,30). The van der Waals surface area contributed by atoms with E-state index in [9.17, 15) is 4.79 Å². The number of anilines is 1. The number of benzene rings is 2. The molecule has 0 aliphatic heterocycles. The van der Waals surface area contributed by atoms with E-state index in [4.69, 9.17) is 13.9 Å². The Bertz CT molecular complexity index is 1600. The molecule has 0 fully saturated rings. The summed E-state index contributed by atoms with van der Waals surface area (Å²) in [5.74, 6) is 0.241. The Hall–Kier alpha value is -4.30. The van der Waals surface area contributed by atoms with Crippen molar-refractivity contribution in [1.29, 1.82) is 0 Å². The molecule has 6 rings (SSSR count). The molecule has 4 heterocycles. The summed E-state index contributed by atoms with van der Waals surface area (Å²) in [6.45, 7) is 1.78. The summed E-state index contributed by atoms with van der Waals surface area (Å²) >= 11 is 1.58. The number of furan rings is 1. The summed E-state index contributed by atoms with van der Waals surface area (Å²) in [7, 11) is 0. The summed E-state index contributed by atoms with van der Waals surface area (Å²) in [4.78, 5) is 22.7. The van der Waals surface area contributed by atoms with Crippen molar-refractivity contribution in [3.8, 4) is 22.0 Å². The lowest BCUT2D eigenvalue weighted by Gasteiger charge is -2.10. The quantitative estimate of drug-likeness (QED) is 0.336. The molecule has 7 nitrogen and oxygen atoms in total. The smallest absolute Gasteiger partial charge is 0.259 e. The first-order valence-electron chi connectivity index (χ1n) is 10.2. The third-order valence-corrected chi connectivity index (χ3v) is 6.40.